The van der Waals surface area contributed by atoms with E-state index in [0.717, 1.165) is 49.3 Å². The van der Waals surface area contributed by atoms with Crippen LogP contribution in [0.5, 0.6) is 0 Å². The molecule has 2 aliphatic rings. The van der Waals surface area contributed by atoms with Crippen LogP contribution < -0.4 is 5.32 Å². The van der Waals surface area contributed by atoms with E-state index >= 15 is 0 Å². The van der Waals surface area contributed by atoms with Gasteiger partial charge < -0.3 is 15.1 Å². The quantitative estimate of drug-likeness (QED) is 0.909. The molecule has 1 aromatic rings. The lowest BCUT2D eigenvalue weighted by Gasteiger charge is -2.24. The third-order valence-corrected chi connectivity index (χ3v) is 5.22. The second-order valence-corrected chi connectivity index (χ2v) is 7.12. The molecular formula is C19H28N4O2. The number of anilines is 1. The van der Waals surface area contributed by atoms with Gasteiger partial charge in [-0.1, -0.05) is 6.42 Å². The summed E-state index contributed by atoms with van der Waals surface area (Å²) in [6, 6.07) is 4.09. The lowest BCUT2D eigenvalue weighted by atomic mass is 10.0. The molecule has 3 heterocycles. The molecule has 25 heavy (non-hydrogen) atoms. The number of carbonyl (C=O) groups excluding carboxylic acids is 2. The first kappa shape index (κ1) is 17.7. The minimum Gasteiger partial charge on any atom is -0.388 e. The lowest BCUT2D eigenvalue weighted by Crippen LogP contribution is -2.41. The highest BCUT2D eigenvalue weighted by Gasteiger charge is 2.30. The van der Waals surface area contributed by atoms with Crippen LogP contribution in [0.2, 0.25) is 0 Å². The second-order valence-electron chi connectivity index (χ2n) is 7.12. The van der Waals surface area contributed by atoms with Gasteiger partial charge in [0.2, 0.25) is 11.8 Å². The SMILES string of the molecule is CNc1cc(C)nc(C2CCN(C(=O)CN3CCCCCC3=O)C2)c1. The van der Waals surface area contributed by atoms with E-state index in [2.05, 4.69) is 16.4 Å². The van der Waals surface area contributed by atoms with Crippen molar-refractivity contribution >= 4 is 17.5 Å². The monoisotopic (exact) mass is 344 g/mol. The average molecular weight is 344 g/mol. The summed E-state index contributed by atoms with van der Waals surface area (Å²) in [5.41, 5.74) is 3.09. The minimum atomic E-state index is 0.0687. The Balaban J connectivity index is 1.61. The molecule has 1 aromatic heterocycles. The summed E-state index contributed by atoms with van der Waals surface area (Å²) in [6.45, 7) is 4.38. The highest BCUT2D eigenvalue weighted by atomic mass is 16.2. The number of carbonyl (C=O) groups is 2. The summed E-state index contributed by atoms with van der Waals surface area (Å²) < 4.78 is 0. The van der Waals surface area contributed by atoms with Crippen LogP contribution in [0, 0.1) is 6.92 Å². The third kappa shape index (κ3) is 4.30. The van der Waals surface area contributed by atoms with Gasteiger partial charge in [0.25, 0.3) is 0 Å². The van der Waals surface area contributed by atoms with Crippen molar-refractivity contribution in [3.63, 3.8) is 0 Å². The Labute approximate surface area is 149 Å². The first-order valence-electron chi connectivity index (χ1n) is 9.28. The molecule has 0 aliphatic carbocycles. The molecule has 0 aromatic carbocycles. The molecule has 3 rings (SSSR count). The van der Waals surface area contributed by atoms with Gasteiger partial charge in [-0.25, -0.2) is 0 Å². The summed E-state index contributed by atoms with van der Waals surface area (Å²) >= 11 is 0. The van der Waals surface area contributed by atoms with E-state index in [1.165, 1.54) is 0 Å². The number of aryl methyl sites for hydroxylation is 1. The zero-order valence-electron chi connectivity index (χ0n) is 15.3. The van der Waals surface area contributed by atoms with Crippen molar-refractivity contribution in [2.75, 3.05) is 38.5 Å². The summed E-state index contributed by atoms with van der Waals surface area (Å²) in [7, 11) is 1.90. The molecule has 0 saturated carbocycles. The number of hydrogen-bond donors (Lipinski definition) is 1. The molecule has 0 spiro atoms. The van der Waals surface area contributed by atoms with Crippen LogP contribution in [-0.2, 0) is 9.59 Å². The van der Waals surface area contributed by atoms with Gasteiger partial charge in [-0.2, -0.15) is 0 Å². The standard InChI is InChI=1S/C19H28N4O2/c1-14-10-16(20-2)11-17(21-14)15-7-9-23(12-15)19(25)13-22-8-5-3-4-6-18(22)24/h10-11,15H,3-9,12-13H2,1-2H3,(H,20,21). The average Bonchev–Trinajstić information content (AvgIpc) is 3.01. The Hall–Kier alpha value is -2.11. The van der Waals surface area contributed by atoms with Gasteiger partial charge in [0, 0.05) is 56.1 Å². The number of rotatable bonds is 4. The van der Waals surface area contributed by atoms with Crippen LogP contribution in [0.3, 0.4) is 0 Å². The van der Waals surface area contributed by atoms with Crippen LogP contribution in [0.1, 0.15) is 49.4 Å². The predicted octanol–water partition coefficient (Wildman–Crippen LogP) is 2.15. The molecule has 6 nitrogen and oxygen atoms in total. The van der Waals surface area contributed by atoms with Crippen LogP contribution in [-0.4, -0.2) is 59.8 Å². The number of pyridine rings is 1. The molecule has 2 fully saturated rings. The van der Waals surface area contributed by atoms with Crippen molar-refractivity contribution in [2.24, 2.45) is 0 Å². The maximum atomic E-state index is 12.6. The third-order valence-electron chi connectivity index (χ3n) is 5.22. The number of amides is 2. The highest BCUT2D eigenvalue weighted by Crippen LogP contribution is 2.28. The van der Waals surface area contributed by atoms with Crippen molar-refractivity contribution in [3.8, 4) is 0 Å². The van der Waals surface area contributed by atoms with Crippen molar-refractivity contribution < 1.29 is 9.59 Å². The van der Waals surface area contributed by atoms with Crippen molar-refractivity contribution in [1.29, 1.82) is 0 Å². The molecule has 0 radical (unpaired) electrons. The van der Waals surface area contributed by atoms with E-state index in [1.807, 2.05) is 24.9 Å². The fourth-order valence-electron chi connectivity index (χ4n) is 3.74. The Morgan fingerprint density at radius 3 is 2.92 bits per heavy atom. The topological polar surface area (TPSA) is 65.5 Å². The van der Waals surface area contributed by atoms with Crippen LogP contribution in [0.15, 0.2) is 12.1 Å². The van der Waals surface area contributed by atoms with E-state index in [9.17, 15) is 9.59 Å². The fourth-order valence-corrected chi connectivity index (χ4v) is 3.74. The van der Waals surface area contributed by atoms with E-state index in [-0.39, 0.29) is 24.3 Å². The summed E-state index contributed by atoms with van der Waals surface area (Å²) in [6.07, 6.45) is 4.54. The molecule has 2 saturated heterocycles. The lowest BCUT2D eigenvalue weighted by molar-refractivity contribution is -0.139. The number of aromatic nitrogens is 1. The Morgan fingerprint density at radius 2 is 2.12 bits per heavy atom. The maximum absolute atomic E-state index is 12.6. The Bertz CT molecular complexity index is 646. The van der Waals surface area contributed by atoms with Crippen molar-refractivity contribution in [1.82, 2.24) is 14.8 Å². The Kier molecular flexibility index (Phi) is 5.56. The van der Waals surface area contributed by atoms with Gasteiger partial charge in [0.05, 0.1) is 6.54 Å². The number of likely N-dealkylation sites (tertiary alicyclic amines) is 2. The number of nitrogens with one attached hydrogen (secondary N) is 1. The molecule has 2 amide bonds. The summed E-state index contributed by atoms with van der Waals surface area (Å²) in [4.78, 5) is 33.0. The molecule has 1 atom stereocenters. The second kappa shape index (κ2) is 7.85. The zero-order valence-corrected chi connectivity index (χ0v) is 15.3. The number of nitrogens with zero attached hydrogens (tertiary/aromatic N) is 3. The van der Waals surface area contributed by atoms with Crippen LogP contribution >= 0.6 is 0 Å². The minimum absolute atomic E-state index is 0.0687. The van der Waals surface area contributed by atoms with E-state index in [0.29, 0.717) is 19.5 Å². The maximum Gasteiger partial charge on any atom is 0.242 e. The normalized spacial score (nSPS) is 21.4. The molecule has 2 aliphatic heterocycles. The molecule has 136 valence electrons. The Morgan fingerprint density at radius 1 is 1.28 bits per heavy atom. The summed E-state index contributed by atoms with van der Waals surface area (Å²) in [5, 5.41) is 3.17. The predicted molar refractivity (Wildman–Crippen MR) is 97.5 cm³/mol. The van der Waals surface area contributed by atoms with Gasteiger partial charge >= 0.3 is 0 Å². The smallest absolute Gasteiger partial charge is 0.242 e. The highest BCUT2D eigenvalue weighted by molar-refractivity contribution is 5.85. The molecular weight excluding hydrogens is 316 g/mol. The summed E-state index contributed by atoms with van der Waals surface area (Å²) in [5.74, 6) is 0.468. The number of hydrogen-bond acceptors (Lipinski definition) is 4. The van der Waals surface area contributed by atoms with Crippen LogP contribution in [0.4, 0.5) is 5.69 Å². The fraction of sp³-hybridized carbons (Fsp3) is 0.632. The van der Waals surface area contributed by atoms with Gasteiger partial charge in [-0.15, -0.1) is 0 Å². The first-order chi connectivity index (χ1) is 12.1. The van der Waals surface area contributed by atoms with E-state index < -0.39 is 0 Å². The van der Waals surface area contributed by atoms with Crippen LogP contribution in [0.25, 0.3) is 0 Å². The van der Waals surface area contributed by atoms with Gasteiger partial charge in [-0.05, 0) is 38.3 Å². The zero-order chi connectivity index (χ0) is 17.8. The van der Waals surface area contributed by atoms with Gasteiger partial charge in [-0.3, -0.25) is 14.6 Å². The van der Waals surface area contributed by atoms with Gasteiger partial charge in [0.15, 0.2) is 0 Å². The largest absolute Gasteiger partial charge is 0.388 e. The first-order valence-corrected chi connectivity index (χ1v) is 9.28. The van der Waals surface area contributed by atoms with E-state index in [4.69, 9.17) is 0 Å². The van der Waals surface area contributed by atoms with Crippen molar-refractivity contribution in [2.45, 2.75) is 44.9 Å². The molecule has 1 N–H and O–H groups in total. The van der Waals surface area contributed by atoms with Crippen molar-refractivity contribution in [3.05, 3.63) is 23.5 Å². The molecule has 6 heteroatoms. The van der Waals surface area contributed by atoms with E-state index in [1.54, 1.807) is 4.90 Å². The molecule has 0 bridgehead atoms. The molecule has 1 unspecified atom stereocenters. The van der Waals surface area contributed by atoms with Gasteiger partial charge in [0.1, 0.15) is 0 Å².